The predicted octanol–water partition coefficient (Wildman–Crippen LogP) is 2.71. The average molecular weight is 371 g/mol. The Kier molecular flexibility index (Phi) is 4.65. The number of Topliss-reactive ketones (excluding diaryl/α,β-unsaturated/α-hetero) is 1. The van der Waals surface area contributed by atoms with Crippen LogP contribution < -0.4 is 0 Å². The summed E-state index contributed by atoms with van der Waals surface area (Å²) in [5.74, 6) is -1.17. The number of esters is 1. The molecule has 0 aliphatic carbocycles. The first-order valence-corrected chi connectivity index (χ1v) is 9.36. The lowest BCUT2D eigenvalue weighted by molar-refractivity contribution is -0.134. The van der Waals surface area contributed by atoms with Crippen molar-refractivity contribution in [3.63, 3.8) is 0 Å². The van der Waals surface area contributed by atoms with Gasteiger partial charge in [-0.2, -0.15) is 0 Å². The molecule has 0 bridgehead atoms. The predicted molar refractivity (Wildman–Crippen MR) is 95.0 cm³/mol. The Morgan fingerprint density at radius 3 is 2.19 bits per heavy atom. The first kappa shape index (κ1) is 17.9. The van der Waals surface area contributed by atoms with Crippen molar-refractivity contribution in [3.8, 4) is 0 Å². The van der Waals surface area contributed by atoms with Crippen LogP contribution in [0.25, 0.3) is 5.76 Å². The number of fused-ring (bicyclic) bond motifs is 1. The number of sulfonamides is 1. The monoisotopic (exact) mass is 371 g/mol. The second-order valence-electron chi connectivity index (χ2n) is 5.82. The molecule has 2 aromatic rings. The number of benzene rings is 2. The van der Waals surface area contributed by atoms with Gasteiger partial charge >= 0.3 is 5.97 Å². The van der Waals surface area contributed by atoms with Gasteiger partial charge in [0.2, 0.25) is 0 Å². The molecule has 0 unspecified atom stereocenters. The first-order chi connectivity index (χ1) is 12.3. The normalized spacial score (nSPS) is 15.4. The largest absolute Gasteiger partial charge is 0.424 e. The van der Waals surface area contributed by atoms with Crippen LogP contribution in [0.3, 0.4) is 0 Å². The van der Waals surface area contributed by atoms with Crippen molar-refractivity contribution in [3.05, 3.63) is 71.4 Å². The van der Waals surface area contributed by atoms with Gasteiger partial charge in [0.25, 0.3) is 10.0 Å². The third-order valence-electron chi connectivity index (χ3n) is 3.91. The highest BCUT2D eigenvalue weighted by atomic mass is 32.2. The summed E-state index contributed by atoms with van der Waals surface area (Å²) in [5.41, 5.74) is 0.761. The number of hydrogen-bond acceptors (Lipinski definition) is 5. The first-order valence-electron chi connectivity index (χ1n) is 7.92. The third kappa shape index (κ3) is 3.13. The molecule has 1 heterocycles. The standard InChI is InChI=1S/C19H17NO5S/c1-13(21)18-19(25-14(2)22)16-10-6-7-11-17(16)26(23,24)20(18)12-15-8-4-3-5-9-15/h3-11H,12H2,1-2H3. The van der Waals surface area contributed by atoms with Crippen molar-refractivity contribution in [2.24, 2.45) is 0 Å². The van der Waals surface area contributed by atoms with Crippen molar-refractivity contribution < 1.29 is 22.7 Å². The van der Waals surface area contributed by atoms with Gasteiger partial charge in [-0.1, -0.05) is 42.5 Å². The second kappa shape index (κ2) is 6.76. The maximum absolute atomic E-state index is 13.2. The minimum atomic E-state index is -3.98. The van der Waals surface area contributed by atoms with E-state index in [1.54, 1.807) is 36.4 Å². The summed E-state index contributed by atoms with van der Waals surface area (Å²) in [7, 11) is -3.98. The lowest BCUT2D eigenvalue weighted by Gasteiger charge is -2.32. The number of nitrogens with zero attached hydrogens (tertiary/aromatic N) is 1. The number of rotatable bonds is 4. The Labute approximate surface area is 151 Å². The van der Waals surface area contributed by atoms with Gasteiger partial charge in [-0.25, -0.2) is 8.42 Å². The van der Waals surface area contributed by atoms with Gasteiger partial charge in [0.05, 0.1) is 11.4 Å². The number of hydrogen-bond donors (Lipinski definition) is 0. The van der Waals surface area contributed by atoms with Crippen LogP contribution in [0.15, 0.2) is 65.2 Å². The van der Waals surface area contributed by atoms with E-state index in [9.17, 15) is 18.0 Å². The van der Waals surface area contributed by atoms with E-state index in [1.165, 1.54) is 26.0 Å². The zero-order chi connectivity index (χ0) is 18.9. The van der Waals surface area contributed by atoms with Crippen LogP contribution in [0.1, 0.15) is 25.0 Å². The summed E-state index contributed by atoms with van der Waals surface area (Å²) in [6.07, 6.45) is 0. The Morgan fingerprint density at radius 1 is 0.962 bits per heavy atom. The van der Waals surface area contributed by atoms with Crippen LogP contribution in [0.4, 0.5) is 0 Å². The van der Waals surface area contributed by atoms with E-state index in [2.05, 4.69) is 0 Å². The van der Waals surface area contributed by atoms with E-state index < -0.39 is 21.8 Å². The number of allylic oxidation sites excluding steroid dienone is 1. The van der Waals surface area contributed by atoms with E-state index in [1.807, 2.05) is 6.07 Å². The molecule has 0 aromatic heterocycles. The van der Waals surface area contributed by atoms with Gasteiger partial charge in [-0.15, -0.1) is 0 Å². The Balaban J connectivity index is 2.27. The second-order valence-corrected chi connectivity index (χ2v) is 7.65. The molecule has 0 amide bonds. The minimum Gasteiger partial charge on any atom is -0.424 e. The average Bonchev–Trinajstić information content (AvgIpc) is 2.59. The zero-order valence-corrected chi connectivity index (χ0v) is 15.1. The van der Waals surface area contributed by atoms with Crippen molar-refractivity contribution in [1.82, 2.24) is 4.31 Å². The van der Waals surface area contributed by atoms with Crippen LogP contribution in [-0.4, -0.2) is 24.5 Å². The Bertz CT molecular complexity index is 1010. The molecule has 0 fully saturated rings. The number of carbonyl (C=O) groups excluding carboxylic acids is 2. The van der Waals surface area contributed by atoms with E-state index in [0.29, 0.717) is 5.56 Å². The molecule has 26 heavy (non-hydrogen) atoms. The molecular weight excluding hydrogens is 354 g/mol. The van der Waals surface area contributed by atoms with Gasteiger partial charge in [0.1, 0.15) is 5.70 Å². The molecule has 3 rings (SSSR count). The van der Waals surface area contributed by atoms with Crippen molar-refractivity contribution in [1.29, 1.82) is 0 Å². The molecular formula is C19H17NO5S. The quantitative estimate of drug-likeness (QED) is 0.772. The molecule has 0 atom stereocenters. The van der Waals surface area contributed by atoms with Crippen LogP contribution in [0.2, 0.25) is 0 Å². The molecule has 7 heteroatoms. The molecule has 1 aliphatic heterocycles. The SMILES string of the molecule is CC(=O)OC1=C(C(C)=O)N(Cc2ccccc2)S(=O)(=O)c2ccccc21. The summed E-state index contributed by atoms with van der Waals surface area (Å²) in [6, 6.07) is 15.1. The van der Waals surface area contributed by atoms with E-state index in [0.717, 1.165) is 4.31 Å². The molecule has 1 aliphatic rings. The fourth-order valence-electron chi connectivity index (χ4n) is 2.85. The summed E-state index contributed by atoms with van der Waals surface area (Å²) >= 11 is 0. The van der Waals surface area contributed by atoms with Gasteiger partial charge in [-0.3, -0.25) is 13.9 Å². The fraction of sp³-hybridized carbons (Fsp3) is 0.158. The fourth-order valence-corrected chi connectivity index (χ4v) is 4.55. The van der Waals surface area contributed by atoms with Crippen LogP contribution in [0.5, 0.6) is 0 Å². The van der Waals surface area contributed by atoms with Crippen molar-refractivity contribution in [2.75, 3.05) is 0 Å². The lowest BCUT2D eigenvalue weighted by Crippen LogP contribution is -2.37. The molecule has 6 nitrogen and oxygen atoms in total. The summed E-state index contributed by atoms with van der Waals surface area (Å²) in [6.45, 7) is 2.41. The highest BCUT2D eigenvalue weighted by molar-refractivity contribution is 7.89. The molecule has 0 spiro atoms. The smallest absolute Gasteiger partial charge is 0.308 e. The number of carbonyl (C=O) groups is 2. The van der Waals surface area contributed by atoms with Gasteiger partial charge in [-0.05, 0) is 17.7 Å². The summed E-state index contributed by atoms with van der Waals surface area (Å²) in [4.78, 5) is 23.9. The van der Waals surface area contributed by atoms with Crippen LogP contribution in [-0.2, 0) is 30.9 Å². The topological polar surface area (TPSA) is 80.8 Å². The van der Waals surface area contributed by atoms with Crippen LogP contribution >= 0.6 is 0 Å². The lowest BCUT2D eigenvalue weighted by atomic mass is 10.1. The summed E-state index contributed by atoms with van der Waals surface area (Å²) < 4.78 is 32.6. The Morgan fingerprint density at radius 2 is 1.58 bits per heavy atom. The number of ether oxygens (including phenoxy) is 1. The van der Waals surface area contributed by atoms with E-state index in [4.69, 9.17) is 4.74 Å². The Hall–Kier alpha value is -2.93. The highest BCUT2D eigenvalue weighted by Gasteiger charge is 2.40. The molecule has 0 radical (unpaired) electrons. The number of ketones is 1. The van der Waals surface area contributed by atoms with Gasteiger partial charge < -0.3 is 4.74 Å². The van der Waals surface area contributed by atoms with Crippen LogP contribution in [0, 0.1) is 0 Å². The maximum atomic E-state index is 13.2. The van der Waals surface area contributed by atoms with E-state index >= 15 is 0 Å². The zero-order valence-electron chi connectivity index (χ0n) is 14.3. The van der Waals surface area contributed by atoms with E-state index in [-0.39, 0.29) is 28.5 Å². The van der Waals surface area contributed by atoms with Gasteiger partial charge in [0, 0.05) is 19.4 Å². The van der Waals surface area contributed by atoms with Gasteiger partial charge in [0.15, 0.2) is 11.5 Å². The molecule has 0 saturated carbocycles. The third-order valence-corrected chi connectivity index (χ3v) is 5.72. The highest BCUT2D eigenvalue weighted by Crippen LogP contribution is 2.38. The van der Waals surface area contributed by atoms with Crippen molar-refractivity contribution in [2.45, 2.75) is 25.3 Å². The molecule has 0 saturated heterocycles. The maximum Gasteiger partial charge on any atom is 0.308 e. The summed E-state index contributed by atoms with van der Waals surface area (Å²) in [5, 5.41) is 0. The molecule has 0 N–H and O–H groups in total. The minimum absolute atomic E-state index is 0.00261. The molecule has 134 valence electrons. The molecule has 2 aromatic carbocycles. The van der Waals surface area contributed by atoms with Crippen molar-refractivity contribution >= 4 is 27.5 Å².